The lowest BCUT2D eigenvalue weighted by atomic mass is 10.2. The smallest absolute Gasteiger partial charge is 0.192 e. The number of halogens is 1. The van der Waals surface area contributed by atoms with Crippen molar-refractivity contribution >= 4 is 22.9 Å². The van der Waals surface area contributed by atoms with Crippen LogP contribution in [0.4, 0.5) is 0 Å². The molecular formula is C15H13ClN6S. The van der Waals surface area contributed by atoms with Gasteiger partial charge in [0.15, 0.2) is 11.4 Å². The van der Waals surface area contributed by atoms with Crippen molar-refractivity contribution in [2.24, 2.45) is 0 Å². The third-order valence-electron chi connectivity index (χ3n) is 3.13. The molecule has 0 unspecified atom stereocenters. The minimum atomic E-state index is 0.248. The summed E-state index contributed by atoms with van der Waals surface area (Å²) in [5.74, 6) is 0. The highest BCUT2D eigenvalue weighted by atomic mass is 35.5. The Kier molecular flexibility index (Phi) is 4.39. The monoisotopic (exact) mass is 344 g/mol. The van der Waals surface area contributed by atoms with Gasteiger partial charge in [-0.05, 0) is 26.2 Å². The van der Waals surface area contributed by atoms with Crippen LogP contribution in [-0.4, -0.2) is 39.4 Å². The molecule has 2 heterocycles. The molecule has 1 aromatic carbocycles. The van der Waals surface area contributed by atoms with E-state index >= 15 is 0 Å². The van der Waals surface area contributed by atoms with Crippen LogP contribution in [0.2, 0.25) is 5.02 Å². The molecule has 0 saturated carbocycles. The van der Waals surface area contributed by atoms with Gasteiger partial charge >= 0.3 is 0 Å². The van der Waals surface area contributed by atoms with Gasteiger partial charge in [-0.25, -0.2) is 4.98 Å². The van der Waals surface area contributed by atoms with E-state index in [0.29, 0.717) is 23.0 Å². The summed E-state index contributed by atoms with van der Waals surface area (Å²) in [6.45, 7) is 0.707. The average Bonchev–Trinajstić information content (AvgIpc) is 3.13. The number of hydrogen-bond acceptors (Lipinski definition) is 6. The summed E-state index contributed by atoms with van der Waals surface area (Å²) in [4.78, 5) is 7.77. The van der Waals surface area contributed by atoms with Crippen LogP contribution < -0.4 is 0 Å². The quantitative estimate of drug-likeness (QED) is 0.786. The maximum Gasteiger partial charge on any atom is 0.192 e. The molecule has 0 atom stereocenters. The summed E-state index contributed by atoms with van der Waals surface area (Å²) >= 11 is 7.52. The van der Waals surface area contributed by atoms with Crippen LogP contribution in [0.3, 0.4) is 0 Å². The molecule has 3 aromatic rings. The van der Waals surface area contributed by atoms with Crippen molar-refractivity contribution in [1.29, 1.82) is 5.26 Å². The van der Waals surface area contributed by atoms with Gasteiger partial charge in [-0.15, -0.1) is 16.4 Å². The summed E-state index contributed by atoms with van der Waals surface area (Å²) in [7, 11) is 3.97. The molecule has 0 aliphatic carbocycles. The third-order valence-corrected chi connectivity index (χ3v) is 4.47. The van der Waals surface area contributed by atoms with Gasteiger partial charge in [0.2, 0.25) is 0 Å². The van der Waals surface area contributed by atoms with Gasteiger partial charge in [0, 0.05) is 22.0 Å². The highest BCUT2D eigenvalue weighted by molar-refractivity contribution is 7.15. The molecule has 0 spiro atoms. The summed E-state index contributed by atoms with van der Waals surface area (Å²) in [5, 5.41) is 21.2. The van der Waals surface area contributed by atoms with Crippen molar-refractivity contribution in [2.75, 3.05) is 14.1 Å². The van der Waals surface area contributed by atoms with E-state index in [4.69, 9.17) is 11.6 Å². The van der Waals surface area contributed by atoms with Crippen LogP contribution in [0.1, 0.15) is 10.6 Å². The van der Waals surface area contributed by atoms with Gasteiger partial charge in [-0.2, -0.15) is 15.6 Å². The van der Waals surface area contributed by atoms with Crippen molar-refractivity contribution in [3.8, 4) is 28.0 Å². The Morgan fingerprint density at radius 3 is 2.61 bits per heavy atom. The van der Waals surface area contributed by atoms with Crippen LogP contribution >= 0.6 is 22.9 Å². The second-order valence-electron chi connectivity index (χ2n) is 5.17. The molecule has 0 fully saturated rings. The van der Waals surface area contributed by atoms with Gasteiger partial charge in [0.1, 0.15) is 16.8 Å². The lowest BCUT2D eigenvalue weighted by Gasteiger charge is -2.07. The summed E-state index contributed by atoms with van der Waals surface area (Å²) in [5.41, 5.74) is 2.41. The van der Waals surface area contributed by atoms with Gasteiger partial charge in [0.25, 0.3) is 0 Å². The highest BCUT2D eigenvalue weighted by Crippen LogP contribution is 2.34. The molecule has 116 valence electrons. The van der Waals surface area contributed by atoms with E-state index < -0.39 is 0 Å². The van der Waals surface area contributed by atoms with E-state index in [1.54, 1.807) is 11.3 Å². The topological polar surface area (TPSA) is 81.5 Å². The predicted molar refractivity (Wildman–Crippen MR) is 90.0 cm³/mol. The fourth-order valence-electron chi connectivity index (χ4n) is 2.12. The van der Waals surface area contributed by atoms with E-state index in [9.17, 15) is 5.26 Å². The van der Waals surface area contributed by atoms with Gasteiger partial charge < -0.3 is 4.90 Å². The van der Waals surface area contributed by atoms with E-state index in [2.05, 4.69) is 25.3 Å². The summed E-state index contributed by atoms with van der Waals surface area (Å²) in [6, 6.07) is 9.57. The van der Waals surface area contributed by atoms with Crippen LogP contribution in [0, 0.1) is 11.3 Å². The third kappa shape index (κ3) is 3.24. The minimum absolute atomic E-state index is 0.248. The Morgan fingerprint density at radius 2 is 1.96 bits per heavy atom. The van der Waals surface area contributed by atoms with E-state index in [-0.39, 0.29) is 5.69 Å². The first-order valence-electron chi connectivity index (χ1n) is 6.80. The molecule has 1 N–H and O–H groups in total. The number of rotatable bonds is 4. The zero-order valence-electron chi connectivity index (χ0n) is 12.5. The summed E-state index contributed by atoms with van der Waals surface area (Å²) in [6.07, 6.45) is 0. The molecule has 2 aromatic heterocycles. The first-order chi connectivity index (χ1) is 11.1. The van der Waals surface area contributed by atoms with Crippen molar-refractivity contribution in [3.05, 3.63) is 39.9 Å². The zero-order chi connectivity index (χ0) is 16.4. The molecule has 0 aliphatic rings. The molecule has 23 heavy (non-hydrogen) atoms. The molecule has 0 radical (unpaired) electrons. The fraction of sp³-hybridized carbons (Fsp3) is 0.200. The number of nitrogens with one attached hydrogen (secondary N) is 1. The van der Waals surface area contributed by atoms with E-state index in [0.717, 1.165) is 15.4 Å². The lowest BCUT2D eigenvalue weighted by molar-refractivity contribution is 0.406. The lowest BCUT2D eigenvalue weighted by Crippen LogP contribution is -2.10. The van der Waals surface area contributed by atoms with Crippen LogP contribution in [0.5, 0.6) is 0 Å². The normalized spacial score (nSPS) is 10.9. The van der Waals surface area contributed by atoms with Gasteiger partial charge in [0.05, 0.1) is 0 Å². The molecule has 0 amide bonds. The Balaban J connectivity index is 2.11. The number of aromatic amines is 1. The maximum absolute atomic E-state index is 9.17. The molecular weight excluding hydrogens is 332 g/mol. The first kappa shape index (κ1) is 15.6. The Bertz CT molecular complexity index is 859. The number of hydrogen-bond donors (Lipinski definition) is 1. The van der Waals surface area contributed by atoms with Crippen molar-refractivity contribution < 1.29 is 0 Å². The molecule has 6 nitrogen and oxygen atoms in total. The Hall–Kier alpha value is -2.27. The maximum atomic E-state index is 9.17. The SMILES string of the molecule is CN(C)Cc1sc(-c2ccc(Cl)cc2)nc1-c1n[nH]nc1C#N. The standard InChI is InChI=1S/C15H13ClN6S/c1-22(2)8-12-14(13-11(7-17)19-21-20-13)18-15(23-12)9-3-5-10(16)6-4-9/h3-6H,8H2,1-2H3,(H,19,20,21). The van der Waals surface area contributed by atoms with Crippen molar-refractivity contribution in [2.45, 2.75) is 6.54 Å². The number of nitrogens with zero attached hydrogens (tertiary/aromatic N) is 5. The highest BCUT2D eigenvalue weighted by Gasteiger charge is 2.20. The Morgan fingerprint density at radius 1 is 1.22 bits per heavy atom. The average molecular weight is 345 g/mol. The van der Waals surface area contributed by atoms with Crippen LogP contribution in [0.25, 0.3) is 22.0 Å². The van der Waals surface area contributed by atoms with E-state index in [1.165, 1.54) is 0 Å². The Labute approximate surface area is 142 Å². The number of thiazole rings is 1. The van der Waals surface area contributed by atoms with Crippen LogP contribution in [-0.2, 0) is 6.54 Å². The van der Waals surface area contributed by atoms with Gasteiger partial charge in [-0.3, -0.25) is 0 Å². The number of benzene rings is 1. The van der Waals surface area contributed by atoms with Crippen molar-refractivity contribution in [3.63, 3.8) is 0 Å². The molecule has 3 rings (SSSR count). The summed E-state index contributed by atoms with van der Waals surface area (Å²) < 4.78 is 0. The second kappa shape index (κ2) is 6.46. The van der Waals surface area contributed by atoms with Crippen LogP contribution in [0.15, 0.2) is 24.3 Å². The minimum Gasteiger partial charge on any atom is -0.304 e. The predicted octanol–water partition coefficient (Wildman–Crippen LogP) is 3.18. The molecule has 8 heteroatoms. The number of nitriles is 1. The van der Waals surface area contributed by atoms with Crippen molar-refractivity contribution in [1.82, 2.24) is 25.3 Å². The largest absolute Gasteiger partial charge is 0.304 e. The molecule has 0 saturated heterocycles. The fourth-order valence-corrected chi connectivity index (χ4v) is 3.43. The van der Waals surface area contributed by atoms with E-state index in [1.807, 2.05) is 44.4 Å². The zero-order valence-corrected chi connectivity index (χ0v) is 14.1. The number of H-pyrrole nitrogens is 1. The first-order valence-corrected chi connectivity index (χ1v) is 7.99. The molecule has 0 bridgehead atoms. The van der Waals surface area contributed by atoms with Gasteiger partial charge in [-0.1, -0.05) is 23.7 Å². The molecule has 0 aliphatic heterocycles. The number of aromatic nitrogens is 4. The second-order valence-corrected chi connectivity index (χ2v) is 6.69.